The van der Waals surface area contributed by atoms with Crippen molar-refractivity contribution in [2.45, 2.75) is 13.0 Å². The summed E-state index contributed by atoms with van der Waals surface area (Å²) in [7, 11) is 0. The normalized spacial score (nSPS) is 15.4. The van der Waals surface area contributed by atoms with Gasteiger partial charge in [0.05, 0.1) is 0 Å². The third-order valence-corrected chi connectivity index (χ3v) is 2.74. The van der Waals surface area contributed by atoms with Gasteiger partial charge in [-0.15, -0.1) is 0 Å². The second-order valence-electron chi connectivity index (χ2n) is 3.49. The van der Waals surface area contributed by atoms with Crippen molar-refractivity contribution in [3.8, 4) is 0 Å². The summed E-state index contributed by atoms with van der Waals surface area (Å²) >= 11 is 3.45. The smallest absolute Gasteiger partial charge is 0.191 e. The molecule has 0 aliphatic carbocycles. The molecule has 0 atom stereocenters. The molecule has 0 radical (unpaired) electrons. The first-order valence-corrected chi connectivity index (χ1v) is 5.90. The SMILES string of the molecule is Brc1cccc(CNC2=NCCCN2)c1. The van der Waals surface area contributed by atoms with Crippen LogP contribution in [0.15, 0.2) is 33.7 Å². The van der Waals surface area contributed by atoms with Crippen LogP contribution >= 0.6 is 15.9 Å². The molecule has 0 fully saturated rings. The van der Waals surface area contributed by atoms with Crippen LogP contribution in [0, 0.1) is 0 Å². The predicted octanol–water partition coefficient (Wildman–Crippen LogP) is 1.89. The van der Waals surface area contributed by atoms with Crippen LogP contribution in [0.3, 0.4) is 0 Å². The first kappa shape index (κ1) is 10.5. The summed E-state index contributed by atoms with van der Waals surface area (Å²) in [4.78, 5) is 4.35. The molecule has 1 aliphatic heterocycles. The number of hydrogen-bond acceptors (Lipinski definition) is 3. The van der Waals surface area contributed by atoms with E-state index in [2.05, 4.69) is 43.7 Å². The van der Waals surface area contributed by atoms with Gasteiger partial charge in [-0.1, -0.05) is 28.1 Å². The molecule has 0 saturated carbocycles. The Morgan fingerprint density at radius 3 is 3.13 bits per heavy atom. The number of benzene rings is 1. The minimum Gasteiger partial charge on any atom is -0.356 e. The van der Waals surface area contributed by atoms with Gasteiger partial charge >= 0.3 is 0 Å². The first-order valence-electron chi connectivity index (χ1n) is 5.11. The van der Waals surface area contributed by atoms with Gasteiger partial charge in [0.25, 0.3) is 0 Å². The molecular weight excluding hydrogens is 254 g/mol. The average Bonchev–Trinajstić information content (AvgIpc) is 2.28. The number of aliphatic imine (C=N–C) groups is 1. The maximum absolute atomic E-state index is 4.35. The van der Waals surface area contributed by atoms with Gasteiger partial charge in [-0.25, -0.2) is 0 Å². The minimum atomic E-state index is 0.811. The second-order valence-corrected chi connectivity index (χ2v) is 4.41. The summed E-state index contributed by atoms with van der Waals surface area (Å²) < 4.78 is 1.11. The van der Waals surface area contributed by atoms with Crippen LogP contribution in [0.5, 0.6) is 0 Å². The van der Waals surface area contributed by atoms with E-state index < -0.39 is 0 Å². The lowest BCUT2D eigenvalue weighted by molar-refractivity contribution is 0.702. The lowest BCUT2D eigenvalue weighted by Crippen LogP contribution is -2.40. The van der Waals surface area contributed by atoms with E-state index in [0.717, 1.165) is 36.5 Å². The van der Waals surface area contributed by atoms with E-state index in [4.69, 9.17) is 0 Å². The van der Waals surface area contributed by atoms with Crippen molar-refractivity contribution in [3.05, 3.63) is 34.3 Å². The molecule has 0 unspecified atom stereocenters. The van der Waals surface area contributed by atoms with E-state index in [-0.39, 0.29) is 0 Å². The van der Waals surface area contributed by atoms with Crippen LogP contribution in [0.2, 0.25) is 0 Å². The van der Waals surface area contributed by atoms with Crippen molar-refractivity contribution in [1.29, 1.82) is 0 Å². The fourth-order valence-electron chi connectivity index (χ4n) is 1.48. The maximum Gasteiger partial charge on any atom is 0.191 e. The Morgan fingerprint density at radius 1 is 1.47 bits per heavy atom. The molecule has 1 aliphatic rings. The number of rotatable bonds is 2. The van der Waals surface area contributed by atoms with Crippen LogP contribution in [0.1, 0.15) is 12.0 Å². The largest absolute Gasteiger partial charge is 0.356 e. The summed E-state index contributed by atoms with van der Waals surface area (Å²) in [6.07, 6.45) is 1.13. The summed E-state index contributed by atoms with van der Waals surface area (Å²) in [6.45, 7) is 2.75. The highest BCUT2D eigenvalue weighted by atomic mass is 79.9. The molecule has 0 bridgehead atoms. The summed E-state index contributed by atoms with van der Waals surface area (Å²) in [5.41, 5.74) is 1.25. The molecule has 1 aromatic carbocycles. The molecule has 3 nitrogen and oxygen atoms in total. The zero-order valence-corrected chi connectivity index (χ0v) is 10.0. The van der Waals surface area contributed by atoms with Crippen LogP contribution in [-0.2, 0) is 6.54 Å². The number of nitrogens with one attached hydrogen (secondary N) is 2. The summed E-state index contributed by atoms with van der Waals surface area (Å²) in [6, 6.07) is 8.27. The van der Waals surface area contributed by atoms with Crippen LogP contribution in [-0.4, -0.2) is 19.0 Å². The van der Waals surface area contributed by atoms with Gasteiger partial charge < -0.3 is 10.6 Å². The van der Waals surface area contributed by atoms with Crippen molar-refractivity contribution in [2.24, 2.45) is 4.99 Å². The Kier molecular flexibility index (Phi) is 3.61. The van der Waals surface area contributed by atoms with E-state index in [9.17, 15) is 0 Å². The number of halogens is 1. The van der Waals surface area contributed by atoms with E-state index in [1.54, 1.807) is 0 Å². The van der Waals surface area contributed by atoms with Gasteiger partial charge in [-0.3, -0.25) is 4.99 Å². The molecule has 0 amide bonds. The Morgan fingerprint density at radius 2 is 2.40 bits per heavy atom. The zero-order valence-electron chi connectivity index (χ0n) is 8.46. The standard InChI is InChI=1S/C11H14BrN3/c12-10-4-1-3-9(7-10)8-15-11-13-5-2-6-14-11/h1,3-4,7H,2,5-6,8H2,(H2,13,14,15). The molecule has 0 saturated heterocycles. The highest BCUT2D eigenvalue weighted by Gasteiger charge is 2.02. The Balaban J connectivity index is 1.90. The molecule has 4 heteroatoms. The van der Waals surface area contributed by atoms with Gasteiger partial charge in [-0.05, 0) is 24.1 Å². The molecule has 1 aromatic rings. The van der Waals surface area contributed by atoms with Gasteiger partial charge in [0.2, 0.25) is 0 Å². The molecule has 1 heterocycles. The van der Waals surface area contributed by atoms with Gasteiger partial charge in [0.15, 0.2) is 5.96 Å². The quantitative estimate of drug-likeness (QED) is 0.859. The third-order valence-electron chi connectivity index (χ3n) is 2.25. The van der Waals surface area contributed by atoms with E-state index >= 15 is 0 Å². The van der Waals surface area contributed by atoms with Crippen molar-refractivity contribution in [2.75, 3.05) is 13.1 Å². The Hall–Kier alpha value is -1.03. The molecule has 2 N–H and O–H groups in total. The van der Waals surface area contributed by atoms with Crippen LogP contribution in [0.4, 0.5) is 0 Å². The number of guanidine groups is 1. The minimum absolute atomic E-state index is 0.811. The van der Waals surface area contributed by atoms with Gasteiger partial charge in [0, 0.05) is 24.1 Å². The lowest BCUT2D eigenvalue weighted by Gasteiger charge is -2.15. The molecule has 80 valence electrons. The number of nitrogens with zero attached hydrogens (tertiary/aromatic N) is 1. The molecular formula is C11H14BrN3. The topological polar surface area (TPSA) is 36.4 Å². The fraction of sp³-hybridized carbons (Fsp3) is 0.364. The van der Waals surface area contributed by atoms with Crippen LogP contribution in [0.25, 0.3) is 0 Å². The van der Waals surface area contributed by atoms with Gasteiger partial charge in [-0.2, -0.15) is 0 Å². The monoisotopic (exact) mass is 267 g/mol. The number of hydrogen-bond donors (Lipinski definition) is 2. The van der Waals surface area contributed by atoms with Crippen LogP contribution < -0.4 is 10.6 Å². The zero-order chi connectivity index (χ0) is 10.5. The van der Waals surface area contributed by atoms with Gasteiger partial charge in [0.1, 0.15) is 0 Å². The Labute approximate surface area is 98.1 Å². The Bertz CT molecular complexity index is 363. The van der Waals surface area contributed by atoms with Crippen molar-refractivity contribution < 1.29 is 0 Å². The highest BCUT2D eigenvalue weighted by Crippen LogP contribution is 2.11. The molecule has 0 aromatic heterocycles. The molecule has 0 spiro atoms. The highest BCUT2D eigenvalue weighted by molar-refractivity contribution is 9.10. The van der Waals surface area contributed by atoms with Crippen molar-refractivity contribution in [3.63, 3.8) is 0 Å². The van der Waals surface area contributed by atoms with Crippen molar-refractivity contribution in [1.82, 2.24) is 10.6 Å². The summed E-state index contributed by atoms with van der Waals surface area (Å²) in [5.74, 6) is 0.918. The van der Waals surface area contributed by atoms with E-state index in [1.807, 2.05) is 12.1 Å². The maximum atomic E-state index is 4.35. The third kappa shape index (κ3) is 3.23. The molecule has 15 heavy (non-hydrogen) atoms. The lowest BCUT2D eigenvalue weighted by atomic mass is 10.2. The fourth-order valence-corrected chi connectivity index (χ4v) is 1.93. The first-order chi connectivity index (χ1) is 7.34. The predicted molar refractivity (Wildman–Crippen MR) is 65.9 cm³/mol. The second kappa shape index (κ2) is 5.16. The van der Waals surface area contributed by atoms with Crippen molar-refractivity contribution >= 4 is 21.9 Å². The van der Waals surface area contributed by atoms with E-state index in [0.29, 0.717) is 0 Å². The average molecular weight is 268 g/mol. The van der Waals surface area contributed by atoms with E-state index in [1.165, 1.54) is 5.56 Å². The summed E-state index contributed by atoms with van der Waals surface area (Å²) in [5, 5.41) is 6.51. The molecule has 2 rings (SSSR count).